The molecule has 0 aromatic heterocycles. The van der Waals surface area contributed by atoms with Gasteiger partial charge in [-0.3, -0.25) is 9.69 Å². The topological polar surface area (TPSA) is 32.3 Å². The lowest BCUT2D eigenvalue weighted by Gasteiger charge is -2.26. The van der Waals surface area contributed by atoms with Crippen molar-refractivity contribution in [2.24, 2.45) is 0 Å². The van der Waals surface area contributed by atoms with Gasteiger partial charge in [-0.2, -0.15) is 0 Å². The number of rotatable bonds is 6. The fourth-order valence-electron chi connectivity index (χ4n) is 4.12. The molecule has 1 atom stereocenters. The van der Waals surface area contributed by atoms with E-state index in [2.05, 4.69) is 65.7 Å². The van der Waals surface area contributed by atoms with E-state index < -0.39 is 0 Å². The second-order valence-corrected chi connectivity index (χ2v) is 8.26. The largest absolute Gasteiger partial charge is 0.341 e. The Kier molecular flexibility index (Phi) is 6.60. The minimum absolute atomic E-state index is 0.0473. The smallest absolute Gasteiger partial charge is 0.252 e. The average molecular weight is 399 g/mol. The van der Waals surface area contributed by atoms with E-state index in [0.717, 1.165) is 17.7 Å². The molecule has 1 N–H and O–H groups in total. The zero-order valence-corrected chi connectivity index (χ0v) is 17.7. The highest BCUT2D eigenvalue weighted by molar-refractivity contribution is 5.94. The summed E-state index contributed by atoms with van der Waals surface area (Å²) in [6.07, 6.45) is 3.93. The van der Waals surface area contributed by atoms with Gasteiger partial charge < -0.3 is 5.32 Å². The van der Waals surface area contributed by atoms with Gasteiger partial charge in [0.15, 0.2) is 0 Å². The fourth-order valence-corrected chi connectivity index (χ4v) is 4.12. The van der Waals surface area contributed by atoms with Crippen molar-refractivity contribution in [2.45, 2.75) is 38.8 Å². The van der Waals surface area contributed by atoms with E-state index in [9.17, 15) is 4.79 Å². The molecule has 30 heavy (non-hydrogen) atoms. The van der Waals surface area contributed by atoms with Crippen molar-refractivity contribution in [3.63, 3.8) is 0 Å². The van der Waals surface area contributed by atoms with E-state index in [1.165, 1.54) is 43.5 Å². The highest BCUT2D eigenvalue weighted by atomic mass is 16.1. The maximum atomic E-state index is 13.0. The van der Waals surface area contributed by atoms with Crippen LogP contribution in [0.3, 0.4) is 0 Å². The molecule has 0 aliphatic carbocycles. The van der Waals surface area contributed by atoms with Crippen molar-refractivity contribution in [3.8, 4) is 0 Å². The second-order valence-electron chi connectivity index (χ2n) is 8.26. The van der Waals surface area contributed by atoms with Crippen LogP contribution in [-0.4, -0.2) is 23.9 Å². The molecule has 0 bridgehead atoms. The molecule has 0 spiro atoms. The van der Waals surface area contributed by atoms with E-state index in [0.29, 0.717) is 5.56 Å². The third kappa shape index (κ3) is 5.17. The molecule has 3 heteroatoms. The zero-order valence-electron chi connectivity index (χ0n) is 17.7. The van der Waals surface area contributed by atoms with Crippen molar-refractivity contribution >= 4 is 5.91 Å². The van der Waals surface area contributed by atoms with Crippen LogP contribution in [0.25, 0.3) is 0 Å². The molecule has 1 saturated heterocycles. The summed E-state index contributed by atoms with van der Waals surface area (Å²) in [6, 6.07) is 26.4. The molecule has 1 fully saturated rings. The Hall–Kier alpha value is -2.91. The summed E-state index contributed by atoms with van der Waals surface area (Å²) in [5.74, 6) is -0.0473. The monoisotopic (exact) mass is 398 g/mol. The Balaban J connectivity index is 1.48. The summed E-state index contributed by atoms with van der Waals surface area (Å²) in [6.45, 7) is 5.40. The number of carbonyl (C=O) groups excluding carboxylic acids is 1. The normalized spacial score (nSPS) is 15.5. The summed E-state index contributed by atoms with van der Waals surface area (Å²) >= 11 is 0. The Morgan fingerprint density at radius 3 is 2.13 bits per heavy atom. The maximum absolute atomic E-state index is 13.0. The molecule has 3 nitrogen and oxygen atoms in total. The molecule has 0 radical (unpaired) electrons. The highest BCUT2D eigenvalue weighted by Crippen LogP contribution is 2.23. The quantitative estimate of drug-likeness (QED) is 0.595. The first-order valence-electron chi connectivity index (χ1n) is 10.9. The SMILES string of the molecule is Cc1ccc([C@@H](NC(=O)c2ccc(CN3CCCCC3)cc2)c2ccccc2)cc1. The summed E-state index contributed by atoms with van der Waals surface area (Å²) in [5, 5.41) is 3.24. The van der Waals surface area contributed by atoms with Crippen molar-refractivity contribution in [3.05, 3.63) is 107 Å². The average Bonchev–Trinajstić information content (AvgIpc) is 2.80. The molecule has 3 aromatic carbocycles. The standard InChI is InChI=1S/C27H30N2O/c1-21-10-14-24(15-11-21)26(23-8-4-2-5-9-23)28-27(30)25-16-12-22(13-17-25)20-29-18-6-3-7-19-29/h2,4-5,8-17,26H,3,6-7,18-20H2,1H3,(H,28,30)/t26-/m0/s1. The first kappa shape index (κ1) is 20.4. The molecule has 3 aromatic rings. The number of hydrogen-bond acceptors (Lipinski definition) is 2. The number of piperidine rings is 1. The van der Waals surface area contributed by atoms with Gasteiger partial charge >= 0.3 is 0 Å². The molecule has 1 aliphatic heterocycles. The Labute approximate surface area is 179 Å². The number of carbonyl (C=O) groups is 1. The van der Waals surface area contributed by atoms with Crippen molar-refractivity contribution in [1.82, 2.24) is 10.2 Å². The lowest BCUT2D eigenvalue weighted by molar-refractivity contribution is 0.0943. The van der Waals surface area contributed by atoms with Gasteiger partial charge in [0, 0.05) is 12.1 Å². The van der Waals surface area contributed by atoms with Gasteiger partial charge in [0.25, 0.3) is 5.91 Å². The fraction of sp³-hybridized carbons (Fsp3) is 0.296. The predicted octanol–water partition coefficient (Wildman–Crippen LogP) is 5.50. The zero-order chi connectivity index (χ0) is 20.8. The van der Waals surface area contributed by atoms with E-state index in [1.807, 2.05) is 30.3 Å². The number of benzene rings is 3. The molecule has 154 valence electrons. The maximum Gasteiger partial charge on any atom is 0.252 e. The molecule has 1 heterocycles. The van der Waals surface area contributed by atoms with Gasteiger partial charge in [0.1, 0.15) is 0 Å². The lowest BCUT2D eigenvalue weighted by Crippen LogP contribution is -2.30. The third-order valence-electron chi connectivity index (χ3n) is 5.89. The van der Waals surface area contributed by atoms with Gasteiger partial charge in [0.2, 0.25) is 0 Å². The van der Waals surface area contributed by atoms with E-state index in [4.69, 9.17) is 0 Å². The third-order valence-corrected chi connectivity index (χ3v) is 5.89. The predicted molar refractivity (Wildman–Crippen MR) is 123 cm³/mol. The molecule has 1 aliphatic rings. The first-order chi connectivity index (χ1) is 14.7. The number of nitrogens with one attached hydrogen (secondary N) is 1. The number of aryl methyl sites for hydroxylation is 1. The molecular weight excluding hydrogens is 368 g/mol. The minimum atomic E-state index is -0.174. The lowest BCUT2D eigenvalue weighted by atomic mass is 9.97. The van der Waals surface area contributed by atoms with Crippen LogP contribution in [0.15, 0.2) is 78.9 Å². The molecule has 1 amide bonds. The van der Waals surface area contributed by atoms with Crippen LogP contribution in [0.5, 0.6) is 0 Å². The highest BCUT2D eigenvalue weighted by Gasteiger charge is 2.18. The van der Waals surface area contributed by atoms with Crippen molar-refractivity contribution < 1.29 is 4.79 Å². The van der Waals surface area contributed by atoms with E-state index >= 15 is 0 Å². The Bertz CT molecular complexity index is 942. The van der Waals surface area contributed by atoms with Gasteiger partial charge in [-0.1, -0.05) is 78.7 Å². The molecule has 4 rings (SSSR count). The van der Waals surface area contributed by atoms with Crippen LogP contribution in [0.4, 0.5) is 0 Å². The summed E-state index contributed by atoms with van der Waals surface area (Å²) in [7, 11) is 0. The molecule has 0 saturated carbocycles. The Morgan fingerprint density at radius 1 is 0.833 bits per heavy atom. The van der Waals surface area contributed by atoms with Crippen LogP contribution >= 0.6 is 0 Å². The number of nitrogens with zero attached hydrogens (tertiary/aromatic N) is 1. The van der Waals surface area contributed by atoms with Crippen LogP contribution in [0, 0.1) is 6.92 Å². The van der Waals surface area contributed by atoms with E-state index in [-0.39, 0.29) is 11.9 Å². The summed E-state index contributed by atoms with van der Waals surface area (Å²) < 4.78 is 0. The van der Waals surface area contributed by atoms with Crippen LogP contribution in [0.1, 0.15) is 57.9 Å². The number of likely N-dealkylation sites (tertiary alicyclic amines) is 1. The van der Waals surface area contributed by atoms with Gasteiger partial charge in [-0.05, 0) is 61.7 Å². The number of hydrogen-bond donors (Lipinski definition) is 1. The summed E-state index contributed by atoms with van der Waals surface area (Å²) in [5.41, 5.74) is 5.34. The molecule has 0 unspecified atom stereocenters. The van der Waals surface area contributed by atoms with Gasteiger partial charge in [-0.25, -0.2) is 0 Å². The van der Waals surface area contributed by atoms with Crippen molar-refractivity contribution in [1.29, 1.82) is 0 Å². The second kappa shape index (κ2) is 9.73. The minimum Gasteiger partial charge on any atom is -0.341 e. The first-order valence-corrected chi connectivity index (χ1v) is 10.9. The van der Waals surface area contributed by atoms with Crippen LogP contribution < -0.4 is 5.32 Å². The van der Waals surface area contributed by atoms with Crippen molar-refractivity contribution in [2.75, 3.05) is 13.1 Å². The molecular formula is C27H30N2O. The number of amides is 1. The van der Waals surface area contributed by atoms with Gasteiger partial charge in [-0.15, -0.1) is 0 Å². The van der Waals surface area contributed by atoms with Gasteiger partial charge in [0.05, 0.1) is 6.04 Å². The van der Waals surface area contributed by atoms with Crippen LogP contribution in [0.2, 0.25) is 0 Å². The summed E-state index contributed by atoms with van der Waals surface area (Å²) in [4.78, 5) is 15.5. The van der Waals surface area contributed by atoms with Crippen LogP contribution in [-0.2, 0) is 6.54 Å². The van der Waals surface area contributed by atoms with E-state index in [1.54, 1.807) is 0 Å². The Morgan fingerprint density at radius 2 is 1.47 bits per heavy atom.